The highest BCUT2D eigenvalue weighted by molar-refractivity contribution is 5.87. The van der Waals surface area contributed by atoms with E-state index in [0.29, 0.717) is 24.9 Å². The number of carbonyl (C=O) groups excluding carboxylic acids is 2. The predicted molar refractivity (Wildman–Crippen MR) is 97.2 cm³/mol. The van der Waals surface area contributed by atoms with Gasteiger partial charge in [0.2, 0.25) is 11.8 Å². The standard InChI is InChI=1S/C20H25F2N3O3/c1-13(26)25-12-18-10-19(11-18,20(28-18)2-4-23-5-3-20)17(27)24-9-14-6-15(21)8-16(22)7-14/h6-8,23H,2-5,9-12H2,1H3,(H,24,27)(H,25,26). The highest BCUT2D eigenvalue weighted by Gasteiger charge is 2.77. The molecule has 4 aliphatic rings. The van der Waals surface area contributed by atoms with E-state index in [1.54, 1.807) is 0 Å². The fraction of sp³-hybridized carbons (Fsp3) is 0.600. The highest BCUT2D eigenvalue weighted by Crippen LogP contribution is 2.68. The first-order valence-corrected chi connectivity index (χ1v) is 9.67. The molecule has 1 aromatic carbocycles. The molecule has 0 unspecified atom stereocenters. The van der Waals surface area contributed by atoms with Crippen LogP contribution >= 0.6 is 0 Å². The zero-order chi connectivity index (χ0) is 20.0. The summed E-state index contributed by atoms with van der Waals surface area (Å²) >= 11 is 0. The Balaban J connectivity index is 1.51. The third-order valence-electron chi connectivity index (χ3n) is 6.41. The molecule has 2 amide bonds. The largest absolute Gasteiger partial charge is 0.365 e. The maximum Gasteiger partial charge on any atom is 0.229 e. The number of ether oxygens (including phenoxy) is 1. The topological polar surface area (TPSA) is 79.5 Å². The number of halogens is 2. The first-order valence-electron chi connectivity index (χ1n) is 9.67. The molecule has 3 heterocycles. The lowest BCUT2D eigenvalue weighted by Crippen LogP contribution is -2.61. The first-order chi connectivity index (χ1) is 13.3. The van der Waals surface area contributed by atoms with Gasteiger partial charge in [-0.2, -0.15) is 0 Å². The Morgan fingerprint density at radius 1 is 1.11 bits per heavy atom. The molecule has 1 saturated carbocycles. The van der Waals surface area contributed by atoms with Crippen molar-refractivity contribution in [2.75, 3.05) is 19.6 Å². The molecular formula is C20H25F2N3O3. The smallest absolute Gasteiger partial charge is 0.229 e. The molecule has 3 N–H and O–H groups in total. The molecule has 1 aliphatic carbocycles. The maximum atomic E-state index is 13.4. The molecule has 28 heavy (non-hydrogen) atoms. The fourth-order valence-corrected chi connectivity index (χ4v) is 5.24. The summed E-state index contributed by atoms with van der Waals surface area (Å²) in [6.45, 7) is 3.44. The molecule has 8 heteroatoms. The minimum Gasteiger partial charge on any atom is -0.365 e. The van der Waals surface area contributed by atoms with Gasteiger partial charge >= 0.3 is 0 Å². The molecular weight excluding hydrogens is 368 g/mol. The van der Waals surface area contributed by atoms with E-state index in [9.17, 15) is 18.4 Å². The van der Waals surface area contributed by atoms with Crippen LogP contribution in [0.4, 0.5) is 8.78 Å². The van der Waals surface area contributed by atoms with Crippen LogP contribution in [0.2, 0.25) is 0 Å². The summed E-state index contributed by atoms with van der Waals surface area (Å²) in [5.41, 5.74) is -1.36. The van der Waals surface area contributed by atoms with Gasteiger partial charge < -0.3 is 20.7 Å². The van der Waals surface area contributed by atoms with Gasteiger partial charge in [0, 0.05) is 26.1 Å². The van der Waals surface area contributed by atoms with E-state index >= 15 is 0 Å². The Hall–Kier alpha value is -2.06. The van der Waals surface area contributed by atoms with Crippen molar-refractivity contribution in [3.05, 3.63) is 35.4 Å². The van der Waals surface area contributed by atoms with Crippen molar-refractivity contribution in [1.29, 1.82) is 0 Å². The van der Waals surface area contributed by atoms with Crippen molar-refractivity contribution >= 4 is 11.8 Å². The average Bonchev–Trinajstić information content (AvgIpc) is 3.02. The second-order valence-electron chi connectivity index (χ2n) is 8.34. The van der Waals surface area contributed by atoms with Crippen LogP contribution in [0.15, 0.2) is 18.2 Å². The van der Waals surface area contributed by atoms with Gasteiger partial charge in [-0.25, -0.2) is 8.78 Å². The molecule has 6 nitrogen and oxygen atoms in total. The van der Waals surface area contributed by atoms with Crippen molar-refractivity contribution in [2.45, 2.75) is 50.4 Å². The summed E-state index contributed by atoms with van der Waals surface area (Å²) in [4.78, 5) is 24.6. The van der Waals surface area contributed by atoms with E-state index in [4.69, 9.17) is 4.74 Å². The van der Waals surface area contributed by atoms with Gasteiger partial charge in [-0.05, 0) is 56.5 Å². The minimum atomic E-state index is -0.667. The van der Waals surface area contributed by atoms with Crippen LogP contribution in [-0.4, -0.2) is 42.7 Å². The number of rotatable bonds is 5. The molecule has 3 saturated heterocycles. The van der Waals surface area contributed by atoms with E-state index < -0.39 is 28.3 Å². The van der Waals surface area contributed by atoms with E-state index in [0.717, 1.165) is 32.0 Å². The van der Waals surface area contributed by atoms with Crippen LogP contribution < -0.4 is 16.0 Å². The number of nitrogens with one attached hydrogen (secondary N) is 3. The number of piperidine rings is 1. The second-order valence-corrected chi connectivity index (χ2v) is 8.34. The molecule has 5 rings (SSSR count). The number of carbonyl (C=O) groups is 2. The van der Waals surface area contributed by atoms with E-state index in [2.05, 4.69) is 16.0 Å². The normalized spacial score (nSPS) is 30.0. The third kappa shape index (κ3) is 3.08. The fourth-order valence-electron chi connectivity index (χ4n) is 5.24. The number of amides is 2. The summed E-state index contributed by atoms with van der Waals surface area (Å²) in [6, 6.07) is 3.24. The Morgan fingerprint density at radius 3 is 2.36 bits per heavy atom. The molecule has 2 bridgehead atoms. The molecule has 0 atom stereocenters. The van der Waals surface area contributed by atoms with Crippen LogP contribution in [0.5, 0.6) is 0 Å². The Kier molecular flexibility index (Phi) is 4.66. The third-order valence-corrected chi connectivity index (χ3v) is 6.41. The van der Waals surface area contributed by atoms with Crippen molar-refractivity contribution in [3.8, 4) is 0 Å². The molecule has 0 aromatic heterocycles. The summed E-state index contributed by atoms with van der Waals surface area (Å²) in [5, 5.41) is 8.99. The van der Waals surface area contributed by atoms with Gasteiger partial charge in [0.05, 0.1) is 16.6 Å². The average molecular weight is 393 g/mol. The lowest BCUT2D eigenvalue weighted by Gasteiger charge is -2.48. The minimum absolute atomic E-state index is 0.0578. The second kappa shape index (κ2) is 6.77. The SMILES string of the molecule is CC(=O)NCC12CC(C(=O)NCc3cc(F)cc(F)c3)(C1)C1(CCNCC1)O2. The van der Waals surface area contributed by atoms with Crippen molar-refractivity contribution in [3.63, 3.8) is 0 Å². The lowest BCUT2D eigenvalue weighted by molar-refractivity contribution is -0.141. The van der Waals surface area contributed by atoms with Crippen molar-refractivity contribution in [2.24, 2.45) is 5.41 Å². The Morgan fingerprint density at radius 2 is 1.75 bits per heavy atom. The lowest BCUT2D eigenvalue weighted by atomic mass is 9.53. The van der Waals surface area contributed by atoms with Crippen LogP contribution in [-0.2, 0) is 20.9 Å². The monoisotopic (exact) mass is 393 g/mol. The molecule has 152 valence electrons. The van der Waals surface area contributed by atoms with Crippen LogP contribution in [0, 0.1) is 17.0 Å². The molecule has 4 fully saturated rings. The van der Waals surface area contributed by atoms with Crippen molar-refractivity contribution < 1.29 is 23.1 Å². The van der Waals surface area contributed by atoms with Crippen LogP contribution in [0.3, 0.4) is 0 Å². The summed E-state index contributed by atoms with van der Waals surface area (Å²) in [5.74, 6) is -1.60. The molecule has 3 aliphatic heterocycles. The molecule has 1 aromatic rings. The number of hydrogen-bond donors (Lipinski definition) is 3. The Bertz CT molecular complexity index is 782. The van der Waals surface area contributed by atoms with Crippen LogP contribution in [0.1, 0.15) is 38.2 Å². The maximum absolute atomic E-state index is 13.4. The van der Waals surface area contributed by atoms with Gasteiger partial charge in [0.1, 0.15) is 11.6 Å². The van der Waals surface area contributed by atoms with Gasteiger partial charge in [0.25, 0.3) is 0 Å². The highest BCUT2D eigenvalue weighted by atomic mass is 19.1. The summed E-state index contributed by atoms with van der Waals surface area (Å²) < 4.78 is 33.3. The van der Waals surface area contributed by atoms with Gasteiger partial charge in [0.15, 0.2) is 0 Å². The van der Waals surface area contributed by atoms with Gasteiger partial charge in [-0.1, -0.05) is 0 Å². The van der Waals surface area contributed by atoms with E-state index in [-0.39, 0.29) is 18.4 Å². The summed E-state index contributed by atoms with van der Waals surface area (Å²) in [6.07, 6.45) is 2.53. The van der Waals surface area contributed by atoms with Gasteiger partial charge in [-0.15, -0.1) is 0 Å². The molecule has 1 spiro atoms. The zero-order valence-corrected chi connectivity index (χ0v) is 15.9. The van der Waals surface area contributed by atoms with Crippen LogP contribution in [0.25, 0.3) is 0 Å². The van der Waals surface area contributed by atoms with E-state index in [1.807, 2.05) is 0 Å². The quantitative estimate of drug-likeness (QED) is 0.706. The first kappa shape index (κ1) is 19.3. The zero-order valence-electron chi connectivity index (χ0n) is 15.9. The van der Waals surface area contributed by atoms with Gasteiger partial charge in [-0.3, -0.25) is 9.59 Å². The predicted octanol–water partition coefficient (Wildman–Crippen LogP) is 1.39. The van der Waals surface area contributed by atoms with Crippen molar-refractivity contribution in [1.82, 2.24) is 16.0 Å². The summed E-state index contributed by atoms with van der Waals surface area (Å²) in [7, 11) is 0. The number of hydrogen-bond acceptors (Lipinski definition) is 4. The molecule has 0 radical (unpaired) electrons. The Labute approximate surface area is 162 Å². The van der Waals surface area contributed by atoms with E-state index in [1.165, 1.54) is 19.1 Å². The number of benzene rings is 1.